The highest BCUT2D eigenvalue weighted by Gasteiger charge is 2.06. The molecular weight excluding hydrogens is 148 g/mol. The molecule has 1 rings (SSSR count). The van der Waals surface area contributed by atoms with Gasteiger partial charge in [-0.25, -0.2) is 0 Å². The quantitative estimate of drug-likeness (QED) is 0.621. The maximum absolute atomic E-state index is 5.21. The topological polar surface area (TPSA) is 15.3 Å². The van der Waals surface area contributed by atoms with Gasteiger partial charge in [0.2, 0.25) is 0 Å². The molecule has 0 bridgehead atoms. The summed E-state index contributed by atoms with van der Waals surface area (Å²) >= 11 is 0. The van der Waals surface area contributed by atoms with Crippen molar-refractivity contribution in [3.8, 4) is 0 Å². The summed E-state index contributed by atoms with van der Waals surface area (Å²) < 4.78 is 0. The summed E-state index contributed by atoms with van der Waals surface area (Å²) in [6.07, 6.45) is 6.70. The zero-order valence-electron chi connectivity index (χ0n) is 7.50. The molecule has 1 fully saturated rings. The normalized spacial score (nSPS) is 20.0. The molecule has 0 aliphatic carbocycles. The van der Waals surface area contributed by atoms with Gasteiger partial charge >= 0.3 is 0 Å². The Morgan fingerprint density at radius 2 is 2.08 bits per heavy atom. The van der Waals surface area contributed by atoms with Gasteiger partial charge in [0.25, 0.3) is 0 Å². The Hall–Kier alpha value is -0.600. The van der Waals surface area contributed by atoms with Gasteiger partial charge in [0.05, 0.1) is 0 Å². The fourth-order valence-corrected chi connectivity index (χ4v) is 1.37. The zero-order valence-corrected chi connectivity index (χ0v) is 7.50. The van der Waals surface area contributed by atoms with Crippen LogP contribution in [0.15, 0.2) is 18.2 Å². The van der Waals surface area contributed by atoms with E-state index in [4.69, 9.17) is 6.58 Å². The molecule has 2 nitrogen and oxygen atoms in total. The third-order valence-corrected chi connectivity index (χ3v) is 2.07. The number of nitrogens with zero attached hydrogens (tertiary/aromatic N) is 1. The highest BCUT2D eigenvalue weighted by Crippen LogP contribution is 1.94. The van der Waals surface area contributed by atoms with E-state index in [2.05, 4.69) is 16.3 Å². The summed E-state index contributed by atoms with van der Waals surface area (Å²) in [6.45, 7) is 11.0. The van der Waals surface area contributed by atoms with Gasteiger partial charge < -0.3 is 10.2 Å². The first-order valence-electron chi connectivity index (χ1n) is 4.56. The second-order valence-corrected chi connectivity index (χ2v) is 3.00. The van der Waals surface area contributed by atoms with Crippen molar-refractivity contribution in [2.24, 2.45) is 0 Å². The molecule has 1 aliphatic heterocycles. The molecule has 67 valence electrons. The molecular formula is C10H17N2. The van der Waals surface area contributed by atoms with Crippen LogP contribution in [-0.4, -0.2) is 37.6 Å². The van der Waals surface area contributed by atoms with Crippen molar-refractivity contribution >= 4 is 0 Å². The molecule has 0 amide bonds. The third kappa shape index (κ3) is 3.69. The second kappa shape index (κ2) is 5.98. The first kappa shape index (κ1) is 9.49. The van der Waals surface area contributed by atoms with Crippen molar-refractivity contribution in [3.05, 3.63) is 24.8 Å². The lowest BCUT2D eigenvalue weighted by Gasteiger charge is -2.26. The van der Waals surface area contributed by atoms with E-state index in [1.165, 1.54) is 13.1 Å². The highest BCUT2D eigenvalue weighted by molar-refractivity contribution is 4.95. The van der Waals surface area contributed by atoms with E-state index in [0.29, 0.717) is 0 Å². The van der Waals surface area contributed by atoms with Gasteiger partial charge in [-0.05, 0) is 6.42 Å². The van der Waals surface area contributed by atoms with Crippen molar-refractivity contribution in [3.63, 3.8) is 0 Å². The van der Waals surface area contributed by atoms with E-state index >= 15 is 0 Å². The van der Waals surface area contributed by atoms with Crippen LogP contribution in [0.4, 0.5) is 0 Å². The Morgan fingerprint density at radius 1 is 1.33 bits per heavy atom. The van der Waals surface area contributed by atoms with E-state index in [0.717, 1.165) is 26.1 Å². The summed E-state index contributed by atoms with van der Waals surface area (Å²) in [7, 11) is 0. The molecule has 0 aromatic carbocycles. The van der Waals surface area contributed by atoms with E-state index in [9.17, 15) is 0 Å². The third-order valence-electron chi connectivity index (χ3n) is 2.07. The molecule has 1 radical (unpaired) electrons. The lowest BCUT2D eigenvalue weighted by Crippen LogP contribution is -2.43. The average Bonchev–Trinajstić information content (AvgIpc) is 2.14. The van der Waals surface area contributed by atoms with Crippen LogP contribution in [0, 0.1) is 6.58 Å². The Kier molecular flexibility index (Phi) is 4.73. The largest absolute Gasteiger partial charge is 0.314 e. The van der Waals surface area contributed by atoms with Gasteiger partial charge in [-0.2, -0.15) is 0 Å². The molecule has 1 aliphatic rings. The highest BCUT2D eigenvalue weighted by atomic mass is 15.2. The van der Waals surface area contributed by atoms with Crippen LogP contribution < -0.4 is 5.32 Å². The Labute approximate surface area is 74.9 Å². The SMILES string of the molecule is [CH]=CC=CCCN1CCNCC1. The van der Waals surface area contributed by atoms with Crippen molar-refractivity contribution in [1.82, 2.24) is 10.2 Å². The zero-order chi connectivity index (χ0) is 8.65. The van der Waals surface area contributed by atoms with Crippen molar-refractivity contribution < 1.29 is 0 Å². The lowest BCUT2D eigenvalue weighted by molar-refractivity contribution is 0.245. The second-order valence-electron chi connectivity index (χ2n) is 3.00. The van der Waals surface area contributed by atoms with E-state index < -0.39 is 0 Å². The molecule has 0 saturated carbocycles. The number of allylic oxidation sites excluding steroid dienone is 2. The predicted octanol–water partition coefficient (Wildman–Crippen LogP) is 0.827. The summed E-state index contributed by atoms with van der Waals surface area (Å²) in [6, 6.07) is 0. The summed E-state index contributed by atoms with van der Waals surface area (Å²) in [4.78, 5) is 2.47. The number of hydrogen-bond donors (Lipinski definition) is 1. The summed E-state index contributed by atoms with van der Waals surface area (Å²) in [5.74, 6) is 0. The van der Waals surface area contributed by atoms with Crippen LogP contribution >= 0.6 is 0 Å². The van der Waals surface area contributed by atoms with Crippen LogP contribution in [0.2, 0.25) is 0 Å². The van der Waals surface area contributed by atoms with E-state index in [1.54, 1.807) is 6.08 Å². The number of rotatable bonds is 4. The summed E-state index contributed by atoms with van der Waals surface area (Å²) in [5, 5.41) is 3.33. The minimum atomic E-state index is 1.10. The lowest BCUT2D eigenvalue weighted by atomic mass is 10.3. The molecule has 1 saturated heterocycles. The van der Waals surface area contributed by atoms with Crippen molar-refractivity contribution in [1.29, 1.82) is 0 Å². The molecule has 0 unspecified atom stereocenters. The Balaban J connectivity index is 2.05. The van der Waals surface area contributed by atoms with Gasteiger partial charge in [-0.15, -0.1) is 0 Å². The van der Waals surface area contributed by atoms with Crippen LogP contribution in [-0.2, 0) is 0 Å². The fourth-order valence-electron chi connectivity index (χ4n) is 1.37. The molecule has 0 aromatic rings. The molecule has 2 heteroatoms. The van der Waals surface area contributed by atoms with Crippen LogP contribution in [0.1, 0.15) is 6.42 Å². The molecule has 0 aromatic heterocycles. The first-order valence-corrected chi connectivity index (χ1v) is 4.56. The monoisotopic (exact) mass is 165 g/mol. The van der Waals surface area contributed by atoms with E-state index in [1.807, 2.05) is 6.08 Å². The Bertz CT molecular complexity index is 146. The van der Waals surface area contributed by atoms with Gasteiger partial charge in [-0.3, -0.25) is 0 Å². The molecule has 0 atom stereocenters. The van der Waals surface area contributed by atoms with E-state index in [-0.39, 0.29) is 0 Å². The first-order chi connectivity index (χ1) is 5.93. The smallest absolute Gasteiger partial charge is 0.0107 e. The Morgan fingerprint density at radius 3 is 2.75 bits per heavy atom. The maximum atomic E-state index is 5.21. The van der Waals surface area contributed by atoms with Crippen LogP contribution in [0.25, 0.3) is 0 Å². The van der Waals surface area contributed by atoms with Crippen molar-refractivity contribution in [2.75, 3.05) is 32.7 Å². The molecule has 12 heavy (non-hydrogen) atoms. The minimum absolute atomic E-state index is 1.10. The summed E-state index contributed by atoms with van der Waals surface area (Å²) in [5.41, 5.74) is 0. The van der Waals surface area contributed by atoms with Gasteiger partial charge in [-0.1, -0.05) is 24.8 Å². The number of piperazine rings is 1. The number of hydrogen-bond acceptors (Lipinski definition) is 2. The minimum Gasteiger partial charge on any atom is -0.314 e. The fraction of sp³-hybridized carbons (Fsp3) is 0.600. The van der Waals surface area contributed by atoms with Crippen molar-refractivity contribution in [2.45, 2.75) is 6.42 Å². The van der Waals surface area contributed by atoms with Gasteiger partial charge in [0.15, 0.2) is 0 Å². The van der Waals surface area contributed by atoms with Crippen LogP contribution in [0.3, 0.4) is 0 Å². The number of nitrogens with one attached hydrogen (secondary N) is 1. The van der Waals surface area contributed by atoms with Gasteiger partial charge in [0.1, 0.15) is 0 Å². The van der Waals surface area contributed by atoms with Crippen LogP contribution in [0.5, 0.6) is 0 Å². The molecule has 0 spiro atoms. The van der Waals surface area contributed by atoms with Gasteiger partial charge in [0, 0.05) is 32.7 Å². The molecule has 1 heterocycles. The average molecular weight is 165 g/mol. The standard InChI is InChI=1S/C10H17N2/c1-2-3-4-5-8-12-9-6-11-7-10-12/h1-4,11H,5-10H2. The maximum Gasteiger partial charge on any atom is 0.0107 e. The predicted molar refractivity (Wildman–Crippen MR) is 51.9 cm³/mol. The molecule has 1 N–H and O–H groups in total.